The van der Waals surface area contributed by atoms with Crippen molar-refractivity contribution in [3.63, 3.8) is 0 Å². The maximum Gasteiger partial charge on any atom is 0.143 e. The Balaban J connectivity index is 1.64. The topological polar surface area (TPSA) is 15.3 Å². The van der Waals surface area contributed by atoms with Crippen LogP contribution in [0.3, 0.4) is 0 Å². The van der Waals surface area contributed by atoms with Crippen molar-refractivity contribution in [3.05, 3.63) is 29.0 Å². The summed E-state index contributed by atoms with van der Waals surface area (Å²) in [7, 11) is 0. The maximum absolute atomic E-state index is 13.4. The van der Waals surface area contributed by atoms with E-state index in [2.05, 4.69) is 17.1 Å². The van der Waals surface area contributed by atoms with Crippen LogP contribution in [0.5, 0.6) is 0 Å². The first-order chi connectivity index (χ1) is 8.63. The molecule has 1 N–H and O–H groups in total. The van der Waals surface area contributed by atoms with Crippen molar-refractivity contribution in [1.82, 2.24) is 4.90 Å². The Kier molecular flexibility index (Phi) is 3.20. The van der Waals surface area contributed by atoms with Crippen LogP contribution >= 0.6 is 11.6 Å². The molecule has 1 aliphatic carbocycles. The first kappa shape index (κ1) is 12.2. The highest BCUT2D eigenvalue weighted by Gasteiger charge is 2.38. The van der Waals surface area contributed by atoms with Crippen molar-refractivity contribution in [2.75, 3.05) is 11.9 Å². The molecular weight excluding hydrogens is 251 g/mol. The van der Waals surface area contributed by atoms with E-state index in [1.807, 2.05) is 6.07 Å². The molecule has 2 atom stereocenters. The monoisotopic (exact) mass is 268 g/mol. The summed E-state index contributed by atoms with van der Waals surface area (Å²) in [6, 6.07) is 6.78. The zero-order chi connectivity index (χ0) is 12.7. The van der Waals surface area contributed by atoms with Crippen LogP contribution in [0.1, 0.15) is 26.2 Å². The van der Waals surface area contributed by atoms with E-state index in [0.29, 0.717) is 12.1 Å². The predicted octanol–water partition coefficient (Wildman–Crippen LogP) is 3.52. The molecule has 1 saturated heterocycles. The average molecular weight is 269 g/mol. The van der Waals surface area contributed by atoms with Crippen molar-refractivity contribution >= 4 is 17.3 Å². The molecule has 0 spiro atoms. The average Bonchev–Trinajstić information content (AvgIpc) is 3.09. The number of nitrogens with zero attached hydrogens (tertiary/aromatic N) is 1. The zero-order valence-corrected chi connectivity index (χ0v) is 11.3. The van der Waals surface area contributed by atoms with Gasteiger partial charge in [0.2, 0.25) is 0 Å². The van der Waals surface area contributed by atoms with Gasteiger partial charge in [0.25, 0.3) is 0 Å². The molecule has 2 fully saturated rings. The number of anilines is 1. The Morgan fingerprint density at radius 3 is 2.83 bits per heavy atom. The van der Waals surface area contributed by atoms with Gasteiger partial charge in [0, 0.05) is 30.4 Å². The van der Waals surface area contributed by atoms with Gasteiger partial charge >= 0.3 is 0 Å². The summed E-state index contributed by atoms with van der Waals surface area (Å²) in [5, 5.41) is 3.59. The number of likely N-dealkylation sites (tertiary alicyclic amines) is 1. The van der Waals surface area contributed by atoms with Gasteiger partial charge in [-0.1, -0.05) is 11.6 Å². The molecule has 0 aromatic heterocycles. The molecule has 2 aliphatic rings. The van der Waals surface area contributed by atoms with Gasteiger partial charge in [-0.3, -0.25) is 4.90 Å². The first-order valence-corrected chi connectivity index (χ1v) is 6.98. The number of hydrogen-bond donors (Lipinski definition) is 1. The third-order valence-corrected chi connectivity index (χ3v) is 4.24. The normalized spacial score (nSPS) is 28.6. The van der Waals surface area contributed by atoms with Gasteiger partial charge in [-0.05, 0) is 44.4 Å². The second-order valence-electron chi connectivity index (χ2n) is 5.48. The van der Waals surface area contributed by atoms with Gasteiger partial charge in [0.05, 0.1) is 5.02 Å². The van der Waals surface area contributed by atoms with Crippen LogP contribution < -0.4 is 5.32 Å². The minimum absolute atomic E-state index is 0.181. The summed E-state index contributed by atoms with van der Waals surface area (Å²) < 4.78 is 13.4. The Morgan fingerprint density at radius 2 is 2.17 bits per heavy atom. The number of nitrogens with one attached hydrogen (secondary N) is 1. The Morgan fingerprint density at radius 1 is 1.39 bits per heavy atom. The van der Waals surface area contributed by atoms with Gasteiger partial charge in [0.1, 0.15) is 5.82 Å². The lowest BCUT2D eigenvalue weighted by Gasteiger charge is -2.20. The summed E-state index contributed by atoms with van der Waals surface area (Å²) in [6.07, 6.45) is 3.81. The Labute approximate surface area is 112 Å². The quantitative estimate of drug-likeness (QED) is 0.902. The molecule has 3 rings (SSSR count). The highest BCUT2D eigenvalue weighted by atomic mass is 35.5. The van der Waals surface area contributed by atoms with Crippen LogP contribution in [0.25, 0.3) is 0 Å². The fourth-order valence-electron chi connectivity index (χ4n) is 2.90. The maximum atomic E-state index is 13.4. The molecule has 0 radical (unpaired) electrons. The van der Waals surface area contributed by atoms with E-state index >= 15 is 0 Å². The third-order valence-electron chi connectivity index (χ3n) is 3.93. The minimum atomic E-state index is -0.355. The van der Waals surface area contributed by atoms with Crippen LogP contribution in [0, 0.1) is 5.82 Å². The highest BCUT2D eigenvalue weighted by Crippen LogP contribution is 2.34. The van der Waals surface area contributed by atoms with E-state index in [1.54, 1.807) is 6.07 Å². The van der Waals surface area contributed by atoms with Crippen molar-refractivity contribution < 1.29 is 4.39 Å². The first-order valence-electron chi connectivity index (χ1n) is 6.61. The lowest BCUT2D eigenvalue weighted by molar-refractivity contribution is 0.257. The molecule has 4 heteroatoms. The molecule has 98 valence electrons. The van der Waals surface area contributed by atoms with Gasteiger partial charge in [-0.2, -0.15) is 0 Å². The summed E-state index contributed by atoms with van der Waals surface area (Å²) in [5.41, 5.74) is 0.826. The number of rotatable bonds is 3. The van der Waals surface area contributed by atoms with Crippen LogP contribution in [0.15, 0.2) is 18.2 Å². The Bertz CT molecular complexity index is 447. The van der Waals surface area contributed by atoms with Crippen molar-refractivity contribution in [1.29, 1.82) is 0 Å². The molecule has 1 aliphatic heterocycles. The van der Waals surface area contributed by atoms with Gasteiger partial charge in [0.15, 0.2) is 0 Å². The number of hydrogen-bond acceptors (Lipinski definition) is 2. The molecule has 0 bridgehead atoms. The Hall–Kier alpha value is -0.800. The van der Waals surface area contributed by atoms with E-state index in [0.717, 1.165) is 24.7 Å². The molecular formula is C14H18ClFN2. The SMILES string of the molecule is CC1CC(Nc2ccc(Cl)c(F)c2)CN1C1CC1. The van der Waals surface area contributed by atoms with E-state index in [9.17, 15) is 4.39 Å². The molecule has 0 amide bonds. The predicted molar refractivity (Wildman–Crippen MR) is 72.6 cm³/mol. The van der Waals surface area contributed by atoms with Crippen molar-refractivity contribution in [2.24, 2.45) is 0 Å². The summed E-state index contributed by atoms with van der Waals surface area (Å²) in [6.45, 7) is 3.35. The fourth-order valence-corrected chi connectivity index (χ4v) is 3.01. The summed E-state index contributed by atoms with van der Waals surface area (Å²) >= 11 is 5.68. The number of halogens is 2. The lowest BCUT2D eigenvalue weighted by Crippen LogP contribution is -2.31. The van der Waals surface area contributed by atoms with Gasteiger partial charge in [-0.25, -0.2) is 4.39 Å². The number of benzene rings is 1. The van der Waals surface area contributed by atoms with E-state index < -0.39 is 0 Å². The van der Waals surface area contributed by atoms with Crippen LogP contribution in [0.4, 0.5) is 10.1 Å². The molecule has 1 aromatic carbocycles. The molecule has 1 saturated carbocycles. The van der Waals surface area contributed by atoms with Crippen molar-refractivity contribution in [3.8, 4) is 0 Å². The smallest absolute Gasteiger partial charge is 0.143 e. The second kappa shape index (κ2) is 4.71. The zero-order valence-electron chi connectivity index (χ0n) is 10.5. The fraction of sp³-hybridized carbons (Fsp3) is 0.571. The van der Waals surface area contributed by atoms with Gasteiger partial charge < -0.3 is 5.32 Å². The summed E-state index contributed by atoms with van der Waals surface area (Å²) in [5.74, 6) is -0.355. The molecule has 2 nitrogen and oxygen atoms in total. The van der Waals surface area contributed by atoms with Crippen molar-refractivity contribution in [2.45, 2.75) is 44.3 Å². The van der Waals surface area contributed by atoms with Crippen LogP contribution in [0.2, 0.25) is 5.02 Å². The van der Waals surface area contributed by atoms with Crippen LogP contribution in [-0.4, -0.2) is 29.6 Å². The highest BCUT2D eigenvalue weighted by molar-refractivity contribution is 6.30. The lowest BCUT2D eigenvalue weighted by atomic mass is 10.2. The minimum Gasteiger partial charge on any atom is -0.381 e. The summed E-state index contributed by atoms with van der Waals surface area (Å²) in [4.78, 5) is 2.57. The molecule has 1 aromatic rings. The molecule has 1 heterocycles. The molecule has 2 unspecified atom stereocenters. The van der Waals surface area contributed by atoms with Gasteiger partial charge in [-0.15, -0.1) is 0 Å². The van der Waals surface area contributed by atoms with Crippen LogP contribution in [-0.2, 0) is 0 Å². The third kappa shape index (κ3) is 2.47. The second-order valence-corrected chi connectivity index (χ2v) is 5.89. The molecule has 18 heavy (non-hydrogen) atoms. The standard InChI is InChI=1S/C14H18ClFN2/c1-9-6-11(8-18(9)12-3-4-12)17-10-2-5-13(15)14(16)7-10/h2,5,7,9,11-12,17H,3-4,6,8H2,1H3. The van der Waals surface area contributed by atoms with E-state index in [1.165, 1.54) is 18.9 Å². The largest absolute Gasteiger partial charge is 0.381 e. The van der Waals surface area contributed by atoms with E-state index in [4.69, 9.17) is 11.6 Å². The van der Waals surface area contributed by atoms with E-state index in [-0.39, 0.29) is 10.8 Å².